The molecule has 0 saturated carbocycles. The molecular formula is C17H19Cl2NO. The Morgan fingerprint density at radius 2 is 1.95 bits per heavy atom. The van der Waals surface area contributed by atoms with Gasteiger partial charge < -0.3 is 10.1 Å². The minimum Gasteiger partial charge on any atom is -0.489 e. The molecule has 21 heavy (non-hydrogen) atoms. The molecule has 2 aromatic rings. The molecule has 4 heteroatoms. The normalized spacial score (nSPS) is 12.2. The van der Waals surface area contributed by atoms with Crippen molar-refractivity contribution in [1.29, 1.82) is 0 Å². The molecule has 0 aromatic heterocycles. The maximum absolute atomic E-state index is 6.16. The van der Waals surface area contributed by atoms with Gasteiger partial charge >= 0.3 is 0 Å². The number of halogens is 2. The fourth-order valence-corrected chi connectivity index (χ4v) is 2.46. The summed E-state index contributed by atoms with van der Waals surface area (Å²) in [4.78, 5) is 0. The smallest absolute Gasteiger partial charge is 0.122 e. The minimum absolute atomic E-state index is 0.320. The molecule has 2 nitrogen and oxygen atoms in total. The van der Waals surface area contributed by atoms with Gasteiger partial charge in [0.25, 0.3) is 0 Å². The minimum atomic E-state index is 0.320. The molecule has 0 aliphatic rings. The third kappa shape index (κ3) is 3.91. The van der Waals surface area contributed by atoms with E-state index in [0.29, 0.717) is 22.7 Å². The van der Waals surface area contributed by atoms with Gasteiger partial charge in [-0.25, -0.2) is 0 Å². The number of aryl methyl sites for hydroxylation is 1. The average molecular weight is 324 g/mol. The fraction of sp³-hybridized carbons (Fsp3) is 0.294. The van der Waals surface area contributed by atoms with Crippen LogP contribution < -0.4 is 10.1 Å². The van der Waals surface area contributed by atoms with Crippen LogP contribution in [0.25, 0.3) is 0 Å². The lowest BCUT2D eigenvalue weighted by atomic mass is 10.1. The van der Waals surface area contributed by atoms with Gasteiger partial charge in [-0.3, -0.25) is 0 Å². The summed E-state index contributed by atoms with van der Waals surface area (Å²) in [6.45, 7) is 4.57. The number of hydrogen-bond donors (Lipinski definition) is 1. The summed E-state index contributed by atoms with van der Waals surface area (Å²) in [7, 11) is 1.95. The van der Waals surface area contributed by atoms with Crippen molar-refractivity contribution in [2.45, 2.75) is 26.5 Å². The summed E-state index contributed by atoms with van der Waals surface area (Å²) in [6.07, 6.45) is 0. The Bertz CT molecular complexity index is 628. The van der Waals surface area contributed by atoms with E-state index in [1.807, 2.05) is 32.2 Å². The second-order valence-corrected chi connectivity index (χ2v) is 5.82. The molecule has 1 atom stereocenters. The standard InChI is InChI=1S/C17H19Cl2NO/c1-11-9-13(12(2)20-3)7-8-16(11)21-10-14-5-4-6-15(18)17(14)19/h4-9,12,20H,10H2,1-3H3. The highest BCUT2D eigenvalue weighted by Gasteiger charge is 2.08. The molecule has 0 aliphatic heterocycles. The molecule has 0 radical (unpaired) electrons. The van der Waals surface area contributed by atoms with Crippen LogP contribution in [0.2, 0.25) is 10.0 Å². The second-order valence-electron chi connectivity index (χ2n) is 5.04. The van der Waals surface area contributed by atoms with Crippen molar-refractivity contribution in [3.8, 4) is 5.75 Å². The van der Waals surface area contributed by atoms with Crippen molar-refractivity contribution >= 4 is 23.2 Å². The highest BCUT2D eigenvalue weighted by Crippen LogP contribution is 2.28. The van der Waals surface area contributed by atoms with Crippen LogP contribution in [0.15, 0.2) is 36.4 Å². The molecular weight excluding hydrogens is 305 g/mol. The molecule has 1 unspecified atom stereocenters. The first-order valence-electron chi connectivity index (χ1n) is 6.86. The lowest BCUT2D eigenvalue weighted by Crippen LogP contribution is -2.12. The van der Waals surface area contributed by atoms with Gasteiger partial charge in [-0.15, -0.1) is 0 Å². The first-order valence-corrected chi connectivity index (χ1v) is 7.62. The summed E-state index contributed by atoms with van der Waals surface area (Å²) < 4.78 is 5.86. The highest BCUT2D eigenvalue weighted by molar-refractivity contribution is 6.42. The highest BCUT2D eigenvalue weighted by atomic mass is 35.5. The molecule has 0 heterocycles. The number of rotatable bonds is 5. The van der Waals surface area contributed by atoms with Crippen LogP contribution in [-0.4, -0.2) is 7.05 Å². The van der Waals surface area contributed by atoms with Gasteiger partial charge in [0.05, 0.1) is 10.0 Å². The summed E-state index contributed by atoms with van der Waals surface area (Å²) in [5, 5.41) is 4.33. The molecule has 1 N–H and O–H groups in total. The molecule has 0 spiro atoms. The molecule has 0 saturated heterocycles. The molecule has 2 aromatic carbocycles. The molecule has 112 valence electrons. The maximum Gasteiger partial charge on any atom is 0.122 e. The largest absolute Gasteiger partial charge is 0.489 e. The Balaban J connectivity index is 2.12. The van der Waals surface area contributed by atoms with Crippen LogP contribution in [-0.2, 0) is 6.61 Å². The monoisotopic (exact) mass is 323 g/mol. The van der Waals surface area contributed by atoms with E-state index in [2.05, 4.69) is 24.4 Å². The van der Waals surface area contributed by atoms with Gasteiger partial charge in [0, 0.05) is 11.6 Å². The first kappa shape index (κ1) is 16.2. The molecule has 0 fully saturated rings. The van der Waals surface area contributed by atoms with Gasteiger partial charge in [0.1, 0.15) is 12.4 Å². The van der Waals surface area contributed by atoms with Gasteiger partial charge in [-0.1, -0.05) is 47.5 Å². The second kappa shape index (κ2) is 7.17. The predicted molar refractivity (Wildman–Crippen MR) is 89.4 cm³/mol. The van der Waals surface area contributed by atoms with Crippen LogP contribution in [0.4, 0.5) is 0 Å². The summed E-state index contributed by atoms with van der Waals surface area (Å²) in [5.74, 6) is 0.859. The zero-order chi connectivity index (χ0) is 15.4. The van der Waals surface area contributed by atoms with Crippen molar-refractivity contribution in [3.63, 3.8) is 0 Å². The predicted octanol–water partition coefficient (Wildman–Crippen LogP) is 5.16. The number of hydrogen-bond acceptors (Lipinski definition) is 2. The van der Waals surface area contributed by atoms with Crippen LogP contribution >= 0.6 is 23.2 Å². The Labute approximate surface area is 136 Å². The number of benzene rings is 2. The van der Waals surface area contributed by atoms with E-state index < -0.39 is 0 Å². The topological polar surface area (TPSA) is 21.3 Å². The first-order chi connectivity index (χ1) is 10.0. The molecule has 0 aliphatic carbocycles. The summed E-state index contributed by atoms with van der Waals surface area (Å²) in [5.41, 5.74) is 3.23. The molecule has 0 bridgehead atoms. The van der Waals surface area contributed by atoms with E-state index in [1.165, 1.54) is 5.56 Å². The summed E-state index contributed by atoms with van der Waals surface area (Å²) in [6, 6.07) is 12.1. The molecule has 2 rings (SSSR count). The zero-order valence-corrected chi connectivity index (χ0v) is 13.9. The van der Waals surface area contributed by atoms with Crippen LogP contribution in [0.3, 0.4) is 0 Å². The van der Waals surface area contributed by atoms with E-state index >= 15 is 0 Å². The van der Waals surface area contributed by atoms with Crippen molar-refractivity contribution in [2.24, 2.45) is 0 Å². The Hall–Kier alpha value is -1.22. The zero-order valence-electron chi connectivity index (χ0n) is 12.4. The number of ether oxygens (including phenoxy) is 1. The lowest BCUT2D eigenvalue weighted by Gasteiger charge is -2.15. The van der Waals surface area contributed by atoms with E-state index in [-0.39, 0.29) is 0 Å². The van der Waals surface area contributed by atoms with Gasteiger partial charge in [-0.05, 0) is 44.2 Å². The fourth-order valence-electron chi connectivity index (χ4n) is 2.09. The lowest BCUT2D eigenvalue weighted by molar-refractivity contribution is 0.304. The Morgan fingerprint density at radius 3 is 2.62 bits per heavy atom. The quantitative estimate of drug-likeness (QED) is 0.820. The van der Waals surface area contributed by atoms with Crippen molar-refractivity contribution in [1.82, 2.24) is 5.32 Å². The third-order valence-corrected chi connectivity index (χ3v) is 4.40. The third-order valence-electron chi connectivity index (χ3n) is 3.55. The maximum atomic E-state index is 6.16. The van der Waals surface area contributed by atoms with Gasteiger partial charge in [0.2, 0.25) is 0 Å². The molecule has 0 amide bonds. The number of nitrogens with one attached hydrogen (secondary N) is 1. The van der Waals surface area contributed by atoms with Crippen LogP contribution in [0.1, 0.15) is 29.7 Å². The SMILES string of the molecule is CNC(C)c1ccc(OCc2cccc(Cl)c2Cl)c(C)c1. The van der Waals surface area contributed by atoms with Crippen LogP contribution in [0, 0.1) is 6.92 Å². The van der Waals surface area contributed by atoms with E-state index in [1.54, 1.807) is 6.07 Å². The Kier molecular flexibility index (Phi) is 5.51. The average Bonchev–Trinajstić information content (AvgIpc) is 2.49. The van der Waals surface area contributed by atoms with Gasteiger partial charge in [0.15, 0.2) is 0 Å². The van der Waals surface area contributed by atoms with E-state index in [4.69, 9.17) is 27.9 Å². The Morgan fingerprint density at radius 1 is 1.19 bits per heavy atom. The van der Waals surface area contributed by atoms with Gasteiger partial charge in [-0.2, -0.15) is 0 Å². The van der Waals surface area contributed by atoms with Crippen molar-refractivity contribution in [2.75, 3.05) is 7.05 Å². The van der Waals surface area contributed by atoms with E-state index in [9.17, 15) is 0 Å². The van der Waals surface area contributed by atoms with Crippen molar-refractivity contribution < 1.29 is 4.74 Å². The van der Waals surface area contributed by atoms with Crippen LogP contribution in [0.5, 0.6) is 5.75 Å². The van der Waals surface area contributed by atoms with Crippen molar-refractivity contribution in [3.05, 3.63) is 63.1 Å². The van der Waals surface area contributed by atoms with E-state index in [0.717, 1.165) is 16.9 Å². The summed E-state index contributed by atoms with van der Waals surface area (Å²) >= 11 is 12.2.